The van der Waals surface area contributed by atoms with Crippen LogP contribution in [0.15, 0.2) is 24.3 Å². The number of amides is 3. The average molecular weight is 516 g/mol. The van der Waals surface area contributed by atoms with Gasteiger partial charge in [0.1, 0.15) is 11.7 Å². The molecule has 2 aliphatic heterocycles. The molecule has 4 rings (SSSR count). The number of carbonyl (C=O) groups is 2. The molecule has 0 saturated heterocycles. The number of hydrogen-bond donors (Lipinski definition) is 3. The Bertz CT molecular complexity index is 1020. The van der Waals surface area contributed by atoms with Crippen molar-refractivity contribution in [2.24, 2.45) is 0 Å². The summed E-state index contributed by atoms with van der Waals surface area (Å²) in [5.41, 5.74) is 1.30. The summed E-state index contributed by atoms with van der Waals surface area (Å²) in [6.07, 6.45) is 7.78. The van der Waals surface area contributed by atoms with Gasteiger partial charge >= 0.3 is 12.1 Å². The van der Waals surface area contributed by atoms with Gasteiger partial charge in [-0.15, -0.1) is 0 Å². The summed E-state index contributed by atoms with van der Waals surface area (Å²) in [4.78, 5) is 26.6. The Morgan fingerprint density at radius 2 is 1.89 bits per heavy atom. The van der Waals surface area contributed by atoms with E-state index in [1.165, 1.54) is 0 Å². The first kappa shape index (κ1) is 27.1. The van der Waals surface area contributed by atoms with Gasteiger partial charge in [0.25, 0.3) is 0 Å². The molecule has 0 fully saturated rings. The van der Waals surface area contributed by atoms with Gasteiger partial charge in [-0.25, -0.2) is 9.59 Å². The third kappa shape index (κ3) is 6.14. The van der Waals surface area contributed by atoms with Crippen molar-refractivity contribution in [1.29, 1.82) is 0 Å². The number of aliphatic hydroxyl groups excluding tert-OH is 1. The number of methoxy groups -OCH3 is 1. The lowest BCUT2D eigenvalue weighted by atomic mass is 9.69. The number of alkyl carbamates (subject to hydrolysis) is 1. The number of carbonyl (C=O) groups excluding carboxylic acids is 2. The predicted octanol–water partition coefficient (Wildman–Crippen LogP) is 4.02. The minimum Gasteiger partial charge on any atom is -0.493 e. The van der Waals surface area contributed by atoms with Gasteiger partial charge in [-0.3, -0.25) is 0 Å². The van der Waals surface area contributed by atoms with E-state index in [9.17, 15) is 14.7 Å². The van der Waals surface area contributed by atoms with Crippen LogP contribution in [0.4, 0.5) is 9.59 Å². The fourth-order valence-electron chi connectivity index (χ4n) is 5.52. The second-order valence-electron chi connectivity index (χ2n) is 11.2. The highest BCUT2D eigenvalue weighted by Gasteiger charge is 2.53. The molecule has 1 spiro atoms. The molecular weight excluding hydrogens is 474 g/mol. The molecule has 37 heavy (non-hydrogen) atoms. The molecule has 2 heterocycles. The van der Waals surface area contributed by atoms with Crippen LogP contribution in [-0.2, 0) is 16.7 Å². The van der Waals surface area contributed by atoms with E-state index in [0.29, 0.717) is 38.3 Å². The largest absolute Gasteiger partial charge is 0.493 e. The van der Waals surface area contributed by atoms with Gasteiger partial charge < -0.3 is 34.9 Å². The van der Waals surface area contributed by atoms with Crippen molar-refractivity contribution in [2.75, 3.05) is 26.7 Å². The fourth-order valence-corrected chi connectivity index (χ4v) is 5.52. The lowest BCUT2D eigenvalue weighted by Gasteiger charge is -2.35. The van der Waals surface area contributed by atoms with Crippen LogP contribution in [0.5, 0.6) is 11.5 Å². The number of rotatable bonds is 8. The minimum absolute atomic E-state index is 0.0650. The number of nitrogens with zero attached hydrogens (tertiary/aromatic N) is 1. The van der Waals surface area contributed by atoms with E-state index >= 15 is 0 Å². The minimum atomic E-state index is -0.532. The second-order valence-corrected chi connectivity index (χ2v) is 11.2. The van der Waals surface area contributed by atoms with E-state index < -0.39 is 11.7 Å². The van der Waals surface area contributed by atoms with E-state index in [2.05, 4.69) is 16.7 Å². The molecule has 9 heteroatoms. The molecule has 0 bridgehead atoms. The number of hydrogen-bond acceptors (Lipinski definition) is 6. The van der Waals surface area contributed by atoms with Crippen molar-refractivity contribution in [1.82, 2.24) is 15.5 Å². The van der Waals surface area contributed by atoms with Gasteiger partial charge in [0.05, 0.1) is 18.6 Å². The second kappa shape index (κ2) is 11.2. The molecule has 3 N–H and O–H groups in total. The van der Waals surface area contributed by atoms with E-state index in [0.717, 1.165) is 49.0 Å². The van der Waals surface area contributed by atoms with Gasteiger partial charge in [0.2, 0.25) is 0 Å². The number of ether oxygens (including phenoxy) is 3. The zero-order valence-electron chi connectivity index (χ0n) is 22.5. The Morgan fingerprint density at radius 1 is 1.16 bits per heavy atom. The standard InChI is InChI=1S/C28H41N3O6/c1-27(2,3)37-26(34)30-15-8-6-5-7-14-29-25(33)31-16-13-28-12-11-20(32)17-22(28)36-24-21(35-4)10-9-19(18-31)23(24)28/h9-12,20,22,32H,5-8,13-18H2,1-4H3,(H,29,33)(H,30,34)/t20-,22-,28+/m0/s1. The van der Waals surface area contributed by atoms with Crippen molar-refractivity contribution in [3.63, 3.8) is 0 Å². The van der Waals surface area contributed by atoms with Crippen LogP contribution in [0.1, 0.15) is 70.4 Å². The number of nitrogens with one attached hydrogen (secondary N) is 2. The highest BCUT2D eigenvalue weighted by atomic mass is 16.6. The van der Waals surface area contributed by atoms with Gasteiger partial charge in [-0.05, 0) is 51.7 Å². The van der Waals surface area contributed by atoms with Crippen LogP contribution in [-0.4, -0.2) is 66.7 Å². The maximum atomic E-state index is 13.1. The van der Waals surface area contributed by atoms with Crippen LogP contribution in [0, 0.1) is 0 Å². The van der Waals surface area contributed by atoms with Crippen LogP contribution in [0.25, 0.3) is 0 Å². The van der Waals surface area contributed by atoms with Crippen LogP contribution in [0.3, 0.4) is 0 Å². The number of unbranched alkanes of at least 4 members (excludes halogenated alkanes) is 3. The maximum absolute atomic E-state index is 13.1. The highest BCUT2D eigenvalue weighted by Crippen LogP contribution is 2.55. The smallest absolute Gasteiger partial charge is 0.407 e. The quantitative estimate of drug-likeness (QED) is 0.357. The Morgan fingerprint density at radius 3 is 2.59 bits per heavy atom. The molecule has 0 aromatic heterocycles. The van der Waals surface area contributed by atoms with E-state index in [-0.39, 0.29) is 23.6 Å². The van der Waals surface area contributed by atoms with Crippen molar-refractivity contribution in [3.05, 3.63) is 35.4 Å². The van der Waals surface area contributed by atoms with E-state index in [1.807, 2.05) is 43.9 Å². The molecule has 3 aliphatic rings. The van der Waals surface area contributed by atoms with Gasteiger partial charge in [0, 0.05) is 38.2 Å². The number of benzene rings is 1. The predicted molar refractivity (Wildman–Crippen MR) is 140 cm³/mol. The summed E-state index contributed by atoms with van der Waals surface area (Å²) in [6.45, 7) is 7.82. The molecule has 3 atom stereocenters. The summed E-state index contributed by atoms with van der Waals surface area (Å²) in [5.74, 6) is 1.43. The molecule has 0 unspecified atom stereocenters. The molecule has 3 amide bonds. The summed E-state index contributed by atoms with van der Waals surface area (Å²) in [7, 11) is 1.63. The molecule has 9 nitrogen and oxygen atoms in total. The van der Waals surface area contributed by atoms with Gasteiger partial charge in [0.15, 0.2) is 11.5 Å². The highest BCUT2D eigenvalue weighted by molar-refractivity contribution is 5.75. The van der Waals surface area contributed by atoms with Crippen LogP contribution >= 0.6 is 0 Å². The van der Waals surface area contributed by atoms with Crippen LogP contribution < -0.4 is 20.1 Å². The van der Waals surface area contributed by atoms with Crippen LogP contribution in [0.2, 0.25) is 0 Å². The third-order valence-corrected chi connectivity index (χ3v) is 7.29. The molecular formula is C28H41N3O6. The van der Waals surface area contributed by atoms with E-state index in [4.69, 9.17) is 14.2 Å². The molecule has 1 aromatic carbocycles. The number of urea groups is 1. The topological polar surface area (TPSA) is 109 Å². The maximum Gasteiger partial charge on any atom is 0.407 e. The molecule has 1 aliphatic carbocycles. The summed E-state index contributed by atoms with van der Waals surface area (Å²) < 4.78 is 17.1. The van der Waals surface area contributed by atoms with E-state index in [1.54, 1.807) is 7.11 Å². The first-order valence-corrected chi connectivity index (χ1v) is 13.4. The van der Waals surface area contributed by atoms with Crippen molar-refractivity contribution >= 4 is 12.1 Å². The monoisotopic (exact) mass is 515 g/mol. The van der Waals surface area contributed by atoms with Gasteiger partial charge in [-0.1, -0.05) is 31.1 Å². The fraction of sp³-hybridized carbons (Fsp3) is 0.643. The molecule has 0 radical (unpaired) electrons. The normalized spacial score (nSPS) is 23.9. The lowest BCUT2D eigenvalue weighted by Crippen LogP contribution is -2.44. The Kier molecular flexibility index (Phi) is 8.21. The lowest BCUT2D eigenvalue weighted by molar-refractivity contribution is 0.0526. The SMILES string of the molecule is COc1ccc2c3c1O[C@H]1C[C@@H](O)C=C[C@]31CCN(C(=O)NCCCCCCNC(=O)OC(C)(C)C)C2. The summed E-state index contributed by atoms with van der Waals surface area (Å²) in [6, 6.07) is 3.86. The summed E-state index contributed by atoms with van der Waals surface area (Å²) >= 11 is 0. The zero-order valence-corrected chi connectivity index (χ0v) is 22.5. The zero-order chi connectivity index (χ0) is 26.6. The van der Waals surface area contributed by atoms with Crippen molar-refractivity contribution in [3.8, 4) is 11.5 Å². The molecule has 0 saturated carbocycles. The number of aliphatic hydroxyl groups is 1. The third-order valence-electron chi connectivity index (χ3n) is 7.29. The molecule has 1 aromatic rings. The molecule has 204 valence electrons. The first-order valence-electron chi connectivity index (χ1n) is 13.4. The van der Waals surface area contributed by atoms with Gasteiger partial charge in [-0.2, -0.15) is 0 Å². The Labute approximate surface area is 219 Å². The van der Waals surface area contributed by atoms with Crippen molar-refractivity contribution in [2.45, 2.75) is 89.1 Å². The average Bonchev–Trinajstić information content (AvgIpc) is 3.06. The van der Waals surface area contributed by atoms with Crippen molar-refractivity contribution < 1.29 is 28.9 Å². The summed E-state index contributed by atoms with van der Waals surface area (Å²) in [5, 5.41) is 16.1. The first-order chi connectivity index (χ1) is 17.6. The Hall–Kier alpha value is -2.94. The Balaban J connectivity index is 1.26.